The summed E-state index contributed by atoms with van der Waals surface area (Å²) in [4.78, 5) is 38.0. The molecule has 1 fully saturated rings. The largest absolute Gasteiger partial charge is 0.434 e. The van der Waals surface area contributed by atoms with Gasteiger partial charge in [-0.3, -0.25) is 19.0 Å². The summed E-state index contributed by atoms with van der Waals surface area (Å²) in [5.41, 5.74) is 8.96. The molecule has 0 saturated carbocycles. The van der Waals surface area contributed by atoms with E-state index in [4.69, 9.17) is 10.5 Å². The first-order valence-corrected chi connectivity index (χ1v) is 13.0. The van der Waals surface area contributed by atoms with Crippen molar-refractivity contribution < 1.29 is 18.3 Å². The molecule has 1 amide bonds. The standard InChI is InChI=1S/C28H31F2N7O3.ClH/c1-17-4-7-24(40-27(29)30)20(10-17)16-37-23-11-19(5-6-22(23)26(39)34(37)3)21-13-32-28(33-14-21)35-8-9-36(18(2)15-35)25(38)12-31;/h4-7,10-11,13-14,18,27H,8-9,12,15-16,31H2,1-3H3;1H/t18-;/m0./s1. The van der Waals surface area contributed by atoms with Gasteiger partial charge in [0.25, 0.3) is 5.56 Å². The zero-order valence-corrected chi connectivity index (χ0v) is 23.8. The van der Waals surface area contributed by atoms with Gasteiger partial charge < -0.3 is 20.3 Å². The monoisotopic (exact) mass is 587 g/mol. The first kappa shape index (κ1) is 29.9. The Morgan fingerprint density at radius 3 is 2.51 bits per heavy atom. The van der Waals surface area contributed by atoms with Crippen LogP contribution in [0.5, 0.6) is 5.75 Å². The van der Waals surface area contributed by atoms with E-state index in [0.717, 1.165) is 16.7 Å². The van der Waals surface area contributed by atoms with E-state index in [9.17, 15) is 18.4 Å². The van der Waals surface area contributed by atoms with Crippen molar-refractivity contribution in [2.75, 3.05) is 31.1 Å². The van der Waals surface area contributed by atoms with Gasteiger partial charge in [-0.05, 0) is 37.6 Å². The molecule has 1 aliphatic rings. The minimum absolute atomic E-state index is 0. The lowest BCUT2D eigenvalue weighted by molar-refractivity contribution is -0.132. The smallest absolute Gasteiger partial charge is 0.387 e. The van der Waals surface area contributed by atoms with Crippen molar-refractivity contribution >= 4 is 35.2 Å². The Kier molecular flexibility index (Phi) is 8.93. The number of nitrogens with zero attached hydrogens (tertiary/aromatic N) is 6. The fraction of sp³-hybridized carbons (Fsp3) is 0.357. The number of halogens is 3. The summed E-state index contributed by atoms with van der Waals surface area (Å²) in [6.07, 6.45) is 3.46. The molecule has 0 unspecified atom stereocenters. The van der Waals surface area contributed by atoms with Crippen LogP contribution >= 0.6 is 12.4 Å². The maximum Gasteiger partial charge on any atom is 0.387 e. The number of carbonyl (C=O) groups is 1. The van der Waals surface area contributed by atoms with Gasteiger partial charge in [0, 0.05) is 56.2 Å². The van der Waals surface area contributed by atoms with E-state index in [-0.39, 0.29) is 48.8 Å². The Morgan fingerprint density at radius 1 is 1.12 bits per heavy atom. The number of aromatic nitrogens is 4. The SMILES string of the molecule is Cc1ccc(OC(F)F)c(Cn2c3cc(-c4cnc(N5CCN(C(=O)CN)[C@@H](C)C5)nc4)ccc3c(=O)n2C)c1.Cl. The molecule has 0 spiro atoms. The Morgan fingerprint density at radius 2 is 1.85 bits per heavy atom. The number of anilines is 1. The second kappa shape index (κ2) is 12.2. The molecule has 2 aromatic heterocycles. The highest BCUT2D eigenvalue weighted by atomic mass is 35.5. The molecule has 41 heavy (non-hydrogen) atoms. The molecule has 0 radical (unpaired) electrons. The number of aryl methyl sites for hydroxylation is 1. The van der Waals surface area contributed by atoms with Gasteiger partial charge in [0.05, 0.1) is 24.0 Å². The Hall–Kier alpha value is -4.03. The van der Waals surface area contributed by atoms with Crippen LogP contribution in [0.4, 0.5) is 14.7 Å². The van der Waals surface area contributed by atoms with Gasteiger partial charge in [0.15, 0.2) is 0 Å². The van der Waals surface area contributed by atoms with Crippen molar-refractivity contribution in [2.45, 2.75) is 33.0 Å². The second-order valence-electron chi connectivity index (χ2n) is 9.97. The molecular formula is C28H32ClF2N7O3. The van der Waals surface area contributed by atoms with Crippen molar-refractivity contribution in [3.05, 3.63) is 70.3 Å². The van der Waals surface area contributed by atoms with Gasteiger partial charge in [-0.1, -0.05) is 23.8 Å². The normalized spacial score (nSPS) is 15.3. The van der Waals surface area contributed by atoms with E-state index in [1.165, 1.54) is 10.7 Å². The summed E-state index contributed by atoms with van der Waals surface area (Å²) >= 11 is 0. The number of amides is 1. The van der Waals surface area contributed by atoms with Crippen molar-refractivity contribution in [3.8, 4) is 16.9 Å². The summed E-state index contributed by atoms with van der Waals surface area (Å²) in [6, 6.07) is 10.4. The molecule has 10 nitrogen and oxygen atoms in total. The molecule has 5 rings (SSSR count). The molecule has 1 atom stereocenters. The summed E-state index contributed by atoms with van der Waals surface area (Å²) < 4.78 is 34.0. The number of carbonyl (C=O) groups excluding carboxylic acids is 1. The van der Waals surface area contributed by atoms with E-state index >= 15 is 0 Å². The van der Waals surface area contributed by atoms with E-state index < -0.39 is 6.61 Å². The molecule has 4 aromatic rings. The van der Waals surface area contributed by atoms with Crippen molar-refractivity contribution in [1.29, 1.82) is 0 Å². The second-order valence-corrected chi connectivity index (χ2v) is 9.97. The Labute approximate surface area is 241 Å². The van der Waals surface area contributed by atoms with E-state index in [0.29, 0.717) is 42.0 Å². The lowest BCUT2D eigenvalue weighted by Crippen LogP contribution is -2.55. The van der Waals surface area contributed by atoms with Crippen LogP contribution in [0.3, 0.4) is 0 Å². The van der Waals surface area contributed by atoms with Gasteiger partial charge >= 0.3 is 6.61 Å². The van der Waals surface area contributed by atoms with E-state index in [1.807, 2.05) is 30.9 Å². The molecule has 0 bridgehead atoms. The molecule has 1 aliphatic heterocycles. The number of piperazine rings is 1. The molecular weight excluding hydrogens is 556 g/mol. The number of nitrogens with two attached hydrogens (primary N) is 1. The van der Waals surface area contributed by atoms with Crippen LogP contribution < -0.4 is 20.9 Å². The van der Waals surface area contributed by atoms with E-state index in [2.05, 4.69) is 9.97 Å². The Balaban J connectivity index is 0.00000387. The highest BCUT2D eigenvalue weighted by Crippen LogP contribution is 2.27. The number of benzene rings is 2. The lowest BCUT2D eigenvalue weighted by atomic mass is 10.1. The van der Waals surface area contributed by atoms with E-state index in [1.54, 1.807) is 47.2 Å². The van der Waals surface area contributed by atoms with Crippen molar-refractivity contribution in [2.24, 2.45) is 12.8 Å². The van der Waals surface area contributed by atoms with Crippen LogP contribution in [0.1, 0.15) is 18.1 Å². The van der Waals surface area contributed by atoms with Crippen LogP contribution in [-0.2, 0) is 18.4 Å². The number of hydrogen-bond acceptors (Lipinski definition) is 7. The molecule has 218 valence electrons. The van der Waals surface area contributed by atoms with Gasteiger partial charge in [-0.15, -0.1) is 12.4 Å². The molecule has 13 heteroatoms. The number of ether oxygens (including phenoxy) is 1. The van der Waals surface area contributed by atoms with Crippen LogP contribution in [0, 0.1) is 6.92 Å². The number of rotatable bonds is 7. The molecule has 2 aromatic carbocycles. The first-order valence-electron chi connectivity index (χ1n) is 13.0. The number of fused-ring (bicyclic) bond motifs is 1. The summed E-state index contributed by atoms with van der Waals surface area (Å²) in [5.74, 6) is 0.565. The van der Waals surface area contributed by atoms with Crippen LogP contribution in [0.15, 0.2) is 53.6 Å². The maximum atomic E-state index is 13.0. The molecule has 3 heterocycles. The third-order valence-electron chi connectivity index (χ3n) is 7.29. The zero-order valence-electron chi connectivity index (χ0n) is 23.0. The van der Waals surface area contributed by atoms with Gasteiger partial charge in [0.1, 0.15) is 5.75 Å². The molecule has 1 saturated heterocycles. The minimum Gasteiger partial charge on any atom is -0.434 e. The minimum atomic E-state index is -2.96. The summed E-state index contributed by atoms with van der Waals surface area (Å²) in [6.45, 7) is 2.79. The van der Waals surface area contributed by atoms with Crippen LogP contribution in [0.2, 0.25) is 0 Å². The topological polar surface area (TPSA) is 112 Å². The van der Waals surface area contributed by atoms with Crippen molar-refractivity contribution in [1.82, 2.24) is 24.2 Å². The fourth-order valence-corrected chi connectivity index (χ4v) is 5.21. The third-order valence-corrected chi connectivity index (χ3v) is 7.29. The van der Waals surface area contributed by atoms with Crippen molar-refractivity contribution in [3.63, 3.8) is 0 Å². The summed E-state index contributed by atoms with van der Waals surface area (Å²) in [5, 5.41) is 0.506. The zero-order chi connectivity index (χ0) is 28.6. The third kappa shape index (κ3) is 6.03. The lowest BCUT2D eigenvalue weighted by Gasteiger charge is -2.39. The van der Waals surface area contributed by atoms with Crippen LogP contribution in [0.25, 0.3) is 22.0 Å². The van der Waals surface area contributed by atoms with Gasteiger partial charge in [-0.25, -0.2) is 9.97 Å². The molecule has 0 aliphatic carbocycles. The summed E-state index contributed by atoms with van der Waals surface area (Å²) in [7, 11) is 1.64. The number of hydrogen-bond donors (Lipinski definition) is 1. The fourth-order valence-electron chi connectivity index (χ4n) is 5.21. The van der Waals surface area contributed by atoms with Crippen LogP contribution in [-0.4, -0.2) is 69.0 Å². The highest BCUT2D eigenvalue weighted by Gasteiger charge is 2.28. The average molecular weight is 588 g/mol. The Bertz CT molecular complexity index is 1610. The van der Waals surface area contributed by atoms with Gasteiger partial charge in [0.2, 0.25) is 11.9 Å². The predicted molar refractivity (Wildman–Crippen MR) is 155 cm³/mol. The maximum absolute atomic E-state index is 13.0. The van der Waals surface area contributed by atoms with Gasteiger partial charge in [-0.2, -0.15) is 8.78 Å². The predicted octanol–water partition coefficient (Wildman–Crippen LogP) is 3.17. The average Bonchev–Trinajstić information content (AvgIpc) is 3.18. The number of alkyl halides is 2. The highest BCUT2D eigenvalue weighted by molar-refractivity contribution is 5.85. The first-order chi connectivity index (χ1) is 19.2. The quantitative estimate of drug-likeness (QED) is 0.353. The molecule has 2 N–H and O–H groups in total.